The number of hydrogen-bond acceptors (Lipinski definition) is 3. The van der Waals surface area contributed by atoms with Crippen molar-refractivity contribution in [2.75, 3.05) is 0 Å². The van der Waals surface area contributed by atoms with Gasteiger partial charge in [0.2, 0.25) is 5.50 Å². The number of carbonyl (C=O) groups excluding carboxylic acids is 1. The van der Waals surface area contributed by atoms with Gasteiger partial charge in [-0.15, -0.1) is 0 Å². The lowest BCUT2D eigenvalue weighted by Crippen LogP contribution is -2.39. The number of thioether (sulfide) groups is 1. The molecule has 0 amide bonds. The molecule has 0 heterocycles. The Bertz CT molecular complexity index is 559. The number of halogens is 1. The third kappa shape index (κ3) is 2.45. The SMILES string of the molecule is CC1(C)[C@H]2CC[C@@]1(C)[C@H](OC(=O)C(F)Sc1ccccc1)C2. The van der Waals surface area contributed by atoms with E-state index >= 15 is 0 Å². The summed E-state index contributed by atoms with van der Waals surface area (Å²) in [7, 11) is 0. The van der Waals surface area contributed by atoms with Gasteiger partial charge in [0.15, 0.2) is 0 Å². The summed E-state index contributed by atoms with van der Waals surface area (Å²) in [4.78, 5) is 12.9. The molecule has 4 atom stereocenters. The topological polar surface area (TPSA) is 26.3 Å². The molecule has 2 aliphatic rings. The molecule has 1 aromatic rings. The van der Waals surface area contributed by atoms with Gasteiger partial charge in [-0.25, -0.2) is 9.18 Å². The van der Waals surface area contributed by atoms with Gasteiger partial charge in [-0.1, -0.05) is 50.7 Å². The number of alkyl halides is 1. The van der Waals surface area contributed by atoms with E-state index in [1.54, 1.807) is 12.1 Å². The first-order valence-electron chi connectivity index (χ1n) is 7.91. The monoisotopic (exact) mass is 322 g/mol. The molecule has 2 fully saturated rings. The zero-order chi connectivity index (χ0) is 16.0. The smallest absolute Gasteiger partial charge is 0.352 e. The van der Waals surface area contributed by atoms with Crippen LogP contribution in [0.1, 0.15) is 40.0 Å². The standard InChI is InChI=1S/C18H23FO2S/c1-17(2)12-9-10-18(17,3)14(11-12)21-16(20)15(19)22-13-7-5-4-6-8-13/h4-8,12,14-15H,9-11H2,1-3H3/t12-,14+,15?,18-/m0/s1. The van der Waals surface area contributed by atoms with E-state index in [0.717, 1.165) is 29.5 Å². The predicted molar refractivity (Wildman–Crippen MR) is 86.3 cm³/mol. The summed E-state index contributed by atoms with van der Waals surface area (Å²) in [5, 5.41) is 0. The van der Waals surface area contributed by atoms with E-state index in [1.807, 2.05) is 18.2 Å². The summed E-state index contributed by atoms with van der Waals surface area (Å²) >= 11 is 0.913. The highest BCUT2D eigenvalue weighted by molar-refractivity contribution is 8.00. The highest BCUT2D eigenvalue weighted by Gasteiger charge is 2.63. The minimum Gasteiger partial charge on any atom is -0.459 e. The van der Waals surface area contributed by atoms with Crippen LogP contribution in [-0.4, -0.2) is 17.6 Å². The van der Waals surface area contributed by atoms with Gasteiger partial charge >= 0.3 is 5.97 Å². The second-order valence-electron chi connectivity index (χ2n) is 7.28. The number of carbonyl (C=O) groups is 1. The van der Waals surface area contributed by atoms with Crippen molar-refractivity contribution in [3.05, 3.63) is 30.3 Å². The van der Waals surface area contributed by atoms with Gasteiger partial charge in [-0.3, -0.25) is 0 Å². The molecule has 2 nitrogen and oxygen atoms in total. The first kappa shape index (κ1) is 15.9. The maximum atomic E-state index is 14.2. The number of fused-ring (bicyclic) bond motifs is 2. The third-order valence-electron chi connectivity index (χ3n) is 6.14. The van der Waals surface area contributed by atoms with Gasteiger partial charge in [0.05, 0.1) is 0 Å². The van der Waals surface area contributed by atoms with E-state index in [9.17, 15) is 9.18 Å². The molecule has 4 heteroatoms. The Morgan fingerprint density at radius 3 is 2.55 bits per heavy atom. The van der Waals surface area contributed by atoms with Crippen LogP contribution in [0.5, 0.6) is 0 Å². The molecule has 0 radical (unpaired) electrons. The summed E-state index contributed by atoms with van der Waals surface area (Å²) in [5.41, 5.74) is -1.52. The van der Waals surface area contributed by atoms with Crippen molar-refractivity contribution in [3.8, 4) is 0 Å². The lowest BCUT2D eigenvalue weighted by atomic mass is 9.70. The van der Waals surface area contributed by atoms with Crippen molar-refractivity contribution in [2.45, 2.75) is 56.5 Å². The Labute approximate surface area is 135 Å². The van der Waals surface area contributed by atoms with Gasteiger partial charge in [-0.2, -0.15) is 0 Å². The Hall–Kier alpha value is -1.03. The molecule has 0 saturated heterocycles. The molecular formula is C18H23FO2S. The fourth-order valence-electron chi connectivity index (χ4n) is 4.17. The molecule has 1 unspecified atom stereocenters. The fraction of sp³-hybridized carbons (Fsp3) is 0.611. The zero-order valence-electron chi connectivity index (χ0n) is 13.3. The molecule has 120 valence electrons. The van der Waals surface area contributed by atoms with E-state index in [2.05, 4.69) is 20.8 Å². The summed E-state index contributed by atoms with van der Waals surface area (Å²) in [6, 6.07) is 9.13. The molecule has 0 aromatic heterocycles. The Balaban J connectivity index is 1.63. The molecule has 2 aliphatic carbocycles. The Morgan fingerprint density at radius 2 is 2.00 bits per heavy atom. The molecule has 0 aliphatic heterocycles. The van der Waals surface area contributed by atoms with Crippen LogP contribution >= 0.6 is 11.8 Å². The predicted octanol–water partition coefficient (Wildman–Crippen LogP) is 4.83. The van der Waals surface area contributed by atoms with E-state index in [4.69, 9.17) is 4.74 Å². The first-order chi connectivity index (χ1) is 10.3. The quantitative estimate of drug-likeness (QED) is 0.586. The lowest BCUT2D eigenvalue weighted by molar-refractivity contribution is -0.159. The van der Waals surface area contributed by atoms with Crippen LogP contribution in [0.4, 0.5) is 4.39 Å². The van der Waals surface area contributed by atoms with Crippen LogP contribution in [0.15, 0.2) is 35.2 Å². The Morgan fingerprint density at radius 1 is 1.32 bits per heavy atom. The highest BCUT2D eigenvalue weighted by Crippen LogP contribution is 2.66. The van der Waals surface area contributed by atoms with Crippen LogP contribution < -0.4 is 0 Å². The van der Waals surface area contributed by atoms with Crippen molar-refractivity contribution in [1.29, 1.82) is 0 Å². The highest BCUT2D eigenvalue weighted by atomic mass is 32.2. The summed E-state index contributed by atoms with van der Waals surface area (Å²) in [5.74, 6) is -0.154. The molecular weight excluding hydrogens is 299 g/mol. The van der Waals surface area contributed by atoms with E-state index in [0.29, 0.717) is 5.92 Å². The number of esters is 1. The van der Waals surface area contributed by atoms with Gasteiger partial charge in [0, 0.05) is 10.3 Å². The minimum atomic E-state index is -1.66. The summed E-state index contributed by atoms with van der Waals surface area (Å²) < 4.78 is 19.8. The summed E-state index contributed by atoms with van der Waals surface area (Å²) in [6.45, 7) is 6.70. The maximum absolute atomic E-state index is 14.2. The van der Waals surface area contributed by atoms with Crippen molar-refractivity contribution < 1.29 is 13.9 Å². The summed E-state index contributed by atoms with van der Waals surface area (Å²) in [6.07, 6.45) is 2.97. The van der Waals surface area contributed by atoms with Gasteiger partial charge in [0.25, 0.3) is 0 Å². The van der Waals surface area contributed by atoms with Crippen LogP contribution in [0, 0.1) is 16.7 Å². The first-order valence-corrected chi connectivity index (χ1v) is 8.79. The van der Waals surface area contributed by atoms with Crippen LogP contribution in [-0.2, 0) is 9.53 Å². The lowest BCUT2D eigenvalue weighted by Gasteiger charge is -2.38. The third-order valence-corrected chi connectivity index (χ3v) is 7.08. The number of rotatable bonds is 4. The van der Waals surface area contributed by atoms with Crippen molar-refractivity contribution in [1.82, 2.24) is 0 Å². The van der Waals surface area contributed by atoms with Crippen molar-refractivity contribution >= 4 is 17.7 Å². The van der Waals surface area contributed by atoms with E-state index in [1.165, 1.54) is 6.42 Å². The second kappa shape index (κ2) is 5.55. The largest absolute Gasteiger partial charge is 0.459 e. The molecule has 0 N–H and O–H groups in total. The molecule has 3 rings (SSSR count). The van der Waals surface area contributed by atoms with E-state index < -0.39 is 11.5 Å². The molecule has 2 bridgehead atoms. The fourth-order valence-corrected chi connectivity index (χ4v) is 4.87. The van der Waals surface area contributed by atoms with Crippen molar-refractivity contribution in [3.63, 3.8) is 0 Å². The number of ether oxygens (including phenoxy) is 1. The number of hydrogen-bond donors (Lipinski definition) is 0. The maximum Gasteiger partial charge on any atom is 0.352 e. The number of benzene rings is 1. The normalized spacial score (nSPS) is 33.6. The van der Waals surface area contributed by atoms with Gasteiger partial charge in [-0.05, 0) is 42.7 Å². The van der Waals surface area contributed by atoms with Gasteiger partial charge < -0.3 is 4.74 Å². The van der Waals surface area contributed by atoms with Gasteiger partial charge in [0.1, 0.15) is 6.10 Å². The van der Waals surface area contributed by atoms with Crippen LogP contribution in [0.3, 0.4) is 0 Å². The van der Waals surface area contributed by atoms with Crippen LogP contribution in [0.25, 0.3) is 0 Å². The van der Waals surface area contributed by atoms with Crippen molar-refractivity contribution in [2.24, 2.45) is 16.7 Å². The second-order valence-corrected chi connectivity index (χ2v) is 8.40. The molecule has 2 saturated carbocycles. The van der Waals surface area contributed by atoms with Crippen LogP contribution in [0.2, 0.25) is 0 Å². The van der Waals surface area contributed by atoms with E-state index in [-0.39, 0.29) is 16.9 Å². The molecule has 1 aromatic carbocycles. The average Bonchev–Trinajstić information content (AvgIpc) is 2.81. The Kier molecular flexibility index (Phi) is 4.00. The molecule has 22 heavy (non-hydrogen) atoms. The molecule has 0 spiro atoms. The zero-order valence-corrected chi connectivity index (χ0v) is 14.2. The minimum absolute atomic E-state index is 0.0234. The average molecular weight is 322 g/mol.